The van der Waals surface area contributed by atoms with E-state index < -0.39 is 0 Å². The summed E-state index contributed by atoms with van der Waals surface area (Å²) in [4.78, 5) is 1.47. The van der Waals surface area contributed by atoms with Crippen LogP contribution in [0, 0.1) is 5.92 Å². The maximum atomic E-state index is 3.86. The molecule has 21 heavy (non-hydrogen) atoms. The van der Waals surface area contributed by atoms with Gasteiger partial charge >= 0.3 is 0 Å². The molecule has 2 fully saturated rings. The quantitative estimate of drug-likeness (QED) is 0.674. The Kier molecular flexibility index (Phi) is 5.51. The molecule has 0 saturated heterocycles. The van der Waals surface area contributed by atoms with E-state index in [1.54, 1.807) is 0 Å². The van der Waals surface area contributed by atoms with Crippen LogP contribution in [0.4, 0.5) is 5.69 Å². The summed E-state index contributed by atoms with van der Waals surface area (Å²) in [6.07, 6.45) is 12.5. The Labute approximate surface area is 134 Å². The van der Waals surface area contributed by atoms with Crippen LogP contribution in [0.15, 0.2) is 29.2 Å². The van der Waals surface area contributed by atoms with Crippen LogP contribution >= 0.6 is 11.8 Å². The summed E-state index contributed by atoms with van der Waals surface area (Å²) < 4.78 is 0. The average Bonchev–Trinajstić information content (AvgIpc) is 2.91. The second-order valence-corrected chi connectivity index (χ2v) is 8.32. The molecule has 1 aromatic rings. The molecule has 2 atom stereocenters. The number of nitrogens with one attached hydrogen (secondary N) is 1. The lowest BCUT2D eigenvalue weighted by Crippen LogP contribution is -2.19. The standard InChI is InChI=1S/C19H29NS/c1-15-7-6-8-16(14-13-15)20-18-11-4-5-12-19(18)21-17-9-2-3-10-17/h4-5,11-12,15-17,20H,2-3,6-10,13-14H2,1H3. The van der Waals surface area contributed by atoms with Crippen molar-refractivity contribution < 1.29 is 0 Å². The van der Waals surface area contributed by atoms with Crippen molar-refractivity contribution in [3.63, 3.8) is 0 Å². The van der Waals surface area contributed by atoms with E-state index in [0.29, 0.717) is 6.04 Å². The lowest BCUT2D eigenvalue weighted by molar-refractivity contribution is 0.502. The Hall–Kier alpha value is -0.630. The van der Waals surface area contributed by atoms with Crippen molar-refractivity contribution >= 4 is 17.4 Å². The average molecular weight is 304 g/mol. The first kappa shape index (κ1) is 15.3. The highest BCUT2D eigenvalue weighted by Crippen LogP contribution is 2.38. The zero-order chi connectivity index (χ0) is 14.5. The number of thioether (sulfide) groups is 1. The van der Waals surface area contributed by atoms with Gasteiger partial charge in [-0.3, -0.25) is 0 Å². The van der Waals surface area contributed by atoms with Crippen molar-refractivity contribution in [2.75, 3.05) is 5.32 Å². The zero-order valence-electron chi connectivity index (χ0n) is 13.3. The molecule has 0 spiro atoms. The van der Waals surface area contributed by atoms with E-state index in [0.717, 1.165) is 11.2 Å². The summed E-state index contributed by atoms with van der Waals surface area (Å²) in [6, 6.07) is 9.65. The van der Waals surface area contributed by atoms with E-state index in [-0.39, 0.29) is 0 Å². The summed E-state index contributed by atoms with van der Waals surface area (Å²) >= 11 is 2.11. The predicted molar refractivity (Wildman–Crippen MR) is 94.2 cm³/mol. The minimum Gasteiger partial charge on any atom is -0.381 e. The molecule has 0 aliphatic heterocycles. The van der Waals surface area contributed by atoms with Gasteiger partial charge in [0, 0.05) is 21.9 Å². The van der Waals surface area contributed by atoms with Gasteiger partial charge < -0.3 is 5.32 Å². The van der Waals surface area contributed by atoms with Crippen molar-refractivity contribution in [1.82, 2.24) is 0 Å². The Morgan fingerprint density at radius 1 is 0.905 bits per heavy atom. The molecule has 2 heteroatoms. The summed E-state index contributed by atoms with van der Waals surface area (Å²) in [5.74, 6) is 0.917. The van der Waals surface area contributed by atoms with Crippen LogP contribution in [-0.4, -0.2) is 11.3 Å². The van der Waals surface area contributed by atoms with Gasteiger partial charge in [0.05, 0.1) is 0 Å². The highest BCUT2D eigenvalue weighted by atomic mass is 32.2. The molecule has 2 aliphatic rings. The topological polar surface area (TPSA) is 12.0 Å². The molecule has 0 aromatic heterocycles. The summed E-state index contributed by atoms with van der Waals surface area (Å²) in [6.45, 7) is 2.41. The molecule has 116 valence electrons. The van der Waals surface area contributed by atoms with E-state index in [4.69, 9.17) is 0 Å². The van der Waals surface area contributed by atoms with Gasteiger partial charge in [-0.15, -0.1) is 11.8 Å². The molecule has 3 rings (SSSR count). The normalized spacial score (nSPS) is 27.5. The maximum absolute atomic E-state index is 3.86. The summed E-state index contributed by atoms with van der Waals surface area (Å²) in [5, 5.41) is 4.71. The third-order valence-corrected chi connectivity index (χ3v) is 6.51. The van der Waals surface area contributed by atoms with Gasteiger partial charge in [-0.25, -0.2) is 0 Å². The van der Waals surface area contributed by atoms with Gasteiger partial charge in [0.15, 0.2) is 0 Å². The summed E-state index contributed by atoms with van der Waals surface area (Å²) in [7, 11) is 0. The number of para-hydroxylation sites is 1. The molecule has 2 aliphatic carbocycles. The van der Waals surface area contributed by atoms with Gasteiger partial charge in [0.2, 0.25) is 0 Å². The van der Waals surface area contributed by atoms with Crippen LogP contribution in [0.25, 0.3) is 0 Å². The zero-order valence-corrected chi connectivity index (χ0v) is 14.1. The smallest absolute Gasteiger partial charge is 0.0480 e. The molecular formula is C19H29NS. The Morgan fingerprint density at radius 2 is 1.71 bits per heavy atom. The predicted octanol–water partition coefficient (Wildman–Crippen LogP) is 6.10. The van der Waals surface area contributed by atoms with Crippen molar-refractivity contribution in [1.29, 1.82) is 0 Å². The number of anilines is 1. The third-order valence-electron chi connectivity index (χ3n) is 5.10. The Bertz CT molecular complexity index is 439. The second-order valence-electron chi connectivity index (χ2n) is 6.98. The highest BCUT2D eigenvalue weighted by Gasteiger charge is 2.20. The van der Waals surface area contributed by atoms with Crippen LogP contribution in [-0.2, 0) is 0 Å². The number of benzene rings is 1. The molecule has 0 heterocycles. The van der Waals surface area contributed by atoms with Gasteiger partial charge in [-0.05, 0) is 50.2 Å². The number of hydrogen-bond donors (Lipinski definition) is 1. The SMILES string of the molecule is CC1CCCC(Nc2ccccc2SC2CCCC2)CC1. The molecule has 0 bridgehead atoms. The number of rotatable bonds is 4. The first-order valence-electron chi connectivity index (χ1n) is 8.83. The van der Waals surface area contributed by atoms with Crippen molar-refractivity contribution in [2.45, 2.75) is 80.9 Å². The molecule has 1 N–H and O–H groups in total. The molecule has 2 saturated carbocycles. The van der Waals surface area contributed by atoms with Crippen LogP contribution in [0.5, 0.6) is 0 Å². The monoisotopic (exact) mass is 303 g/mol. The fraction of sp³-hybridized carbons (Fsp3) is 0.684. The fourth-order valence-electron chi connectivity index (χ4n) is 3.73. The van der Waals surface area contributed by atoms with Crippen LogP contribution in [0.1, 0.15) is 64.7 Å². The third kappa shape index (κ3) is 4.42. The van der Waals surface area contributed by atoms with Crippen LogP contribution in [0.3, 0.4) is 0 Å². The largest absolute Gasteiger partial charge is 0.381 e. The van der Waals surface area contributed by atoms with Crippen LogP contribution in [0.2, 0.25) is 0 Å². The minimum atomic E-state index is 0.681. The second kappa shape index (κ2) is 7.58. The number of hydrogen-bond acceptors (Lipinski definition) is 2. The van der Waals surface area contributed by atoms with Gasteiger partial charge in [-0.1, -0.05) is 44.7 Å². The van der Waals surface area contributed by atoms with Gasteiger partial charge in [0.25, 0.3) is 0 Å². The van der Waals surface area contributed by atoms with Gasteiger partial charge in [0.1, 0.15) is 0 Å². The fourth-order valence-corrected chi connectivity index (χ4v) is 5.06. The van der Waals surface area contributed by atoms with Gasteiger partial charge in [-0.2, -0.15) is 0 Å². The first-order valence-corrected chi connectivity index (χ1v) is 9.71. The van der Waals surface area contributed by atoms with Crippen molar-refractivity contribution in [2.24, 2.45) is 5.92 Å². The van der Waals surface area contributed by atoms with E-state index in [2.05, 4.69) is 48.3 Å². The molecule has 1 nitrogen and oxygen atoms in total. The first-order chi connectivity index (χ1) is 10.3. The minimum absolute atomic E-state index is 0.681. The summed E-state index contributed by atoms with van der Waals surface area (Å²) in [5.41, 5.74) is 1.38. The Balaban J connectivity index is 1.63. The molecule has 1 aromatic carbocycles. The van der Waals surface area contributed by atoms with E-state index >= 15 is 0 Å². The van der Waals surface area contributed by atoms with Crippen molar-refractivity contribution in [3.05, 3.63) is 24.3 Å². The lowest BCUT2D eigenvalue weighted by atomic mass is 10.0. The highest BCUT2D eigenvalue weighted by molar-refractivity contribution is 8.00. The van der Waals surface area contributed by atoms with E-state index in [1.807, 2.05) is 0 Å². The Morgan fingerprint density at radius 3 is 2.57 bits per heavy atom. The van der Waals surface area contributed by atoms with E-state index in [1.165, 1.54) is 68.4 Å². The van der Waals surface area contributed by atoms with Crippen LogP contribution < -0.4 is 5.32 Å². The van der Waals surface area contributed by atoms with Crippen molar-refractivity contribution in [3.8, 4) is 0 Å². The molecule has 2 unspecified atom stereocenters. The maximum Gasteiger partial charge on any atom is 0.0480 e. The lowest BCUT2D eigenvalue weighted by Gasteiger charge is -2.21. The molecule has 0 radical (unpaired) electrons. The van der Waals surface area contributed by atoms with E-state index in [9.17, 15) is 0 Å². The molecule has 0 amide bonds. The molecular weight excluding hydrogens is 274 g/mol.